The van der Waals surface area contributed by atoms with Crippen LogP contribution in [0.2, 0.25) is 6.32 Å². The van der Waals surface area contributed by atoms with Crippen LogP contribution < -0.4 is 11.1 Å². The van der Waals surface area contributed by atoms with Crippen LogP contribution in [0, 0.1) is 11.8 Å². The molecule has 3 unspecified atom stereocenters. The van der Waals surface area contributed by atoms with Crippen LogP contribution in [0.15, 0.2) is 0 Å². The van der Waals surface area contributed by atoms with Gasteiger partial charge in [-0.15, -0.1) is 0 Å². The summed E-state index contributed by atoms with van der Waals surface area (Å²) in [5.74, 6) is -2.02. The molecule has 0 heterocycles. The Morgan fingerprint density at radius 3 is 2.29 bits per heavy atom. The molecule has 24 heavy (non-hydrogen) atoms. The Morgan fingerprint density at radius 2 is 1.75 bits per heavy atom. The maximum absolute atomic E-state index is 11.2. The Bertz CT molecular complexity index is 370. The number of carboxylic acids is 2. The van der Waals surface area contributed by atoms with Crippen molar-refractivity contribution in [1.29, 1.82) is 0 Å². The predicted octanol–water partition coefficient (Wildman–Crippen LogP) is 0.138. The Balaban J connectivity index is 3.82. The first-order valence-corrected chi connectivity index (χ1v) is 8.49. The second-order valence-corrected chi connectivity index (χ2v) is 6.47. The molecule has 0 aromatic rings. The maximum Gasteiger partial charge on any atom is 0.452 e. The zero-order valence-corrected chi connectivity index (χ0v) is 14.4. The van der Waals surface area contributed by atoms with Gasteiger partial charge < -0.3 is 31.3 Å². The van der Waals surface area contributed by atoms with Gasteiger partial charge in [-0.05, 0) is 57.4 Å². The van der Waals surface area contributed by atoms with E-state index in [1.165, 1.54) is 0 Å². The lowest BCUT2D eigenvalue weighted by atomic mass is 9.80. The Labute approximate surface area is 143 Å². The molecule has 9 heteroatoms. The van der Waals surface area contributed by atoms with E-state index in [4.69, 9.17) is 20.9 Å². The van der Waals surface area contributed by atoms with E-state index in [1.807, 2.05) is 6.92 Å². The van der Waals surface area contributed by atoms with Gasteiger partial charge in [-0.1, -0.05) is 6.92 Å². The Morgan fingerprint density at radius 1 is 1.08 bits per heavy atom. The summed E-state index contributed by atoms with van der Waals surface area (Å²) in [7, 11) is -1.46. The number of hydrogen-bond donors (Lipinski definition) is 6. The number of carboxylic acid groups (broad SMARTS) is 2. The molecule has 0 fully saturated rings. The van der Waals surface area contributed by atoms with E-state index in [9.17, 15) is 14.7 Å². The standard InChI is InChI=1S/C15H31BN2O6/c1-11(9-14(19)20)6-8-18-7-2-3-12(15(21)22)4-5-13(17)10-16(23)24/h11-13,18,23-24H,2-10,17H2,1H3,(H,19,20)(H,21,22). The molecule has 0 aromatic carbocycles. The molecule has 0 rings (SSSR count). The highest BCUT2D eigenvalue weighted by Crippen LogP contribution is 2.16. The van der Waals surface area contributed by atoms with Gasteiger partial charge >= 0.3 is 19.1 Å². The van der Waals surface area contributed by atoms with Gasteiger partial charge in [0, 0.05) is 12.5 Å². The molecule has 0 aliphatic carbocycles. The first kappa shape index (κ1) is 22.8. The maximum atomic E-state index is 11.2. The molecule has 0 spiro atoms. The summed E-state index contributed by atoms with van der Waals surface area (Å²) >= 11 is 0. The monoisotopic (exact) mass is 346 g/mol. The van der Waals surface area contributed by atoms with E-state index in [0.29, 0.717) is 38.8 Å². The van der Waals surface area contributed by atoms with Crippen LogP contribution in [0.1, 0.15) is 45.4 Å². The lowest BCUT2D eigenvalue weighted by molar-refractivity contribution is -0.142. The average Bonchev–Trinajstić information content (AvgIpc) is 2.43. The van der Waals surface area contributed by atoms with Gasteiger partial charge in [-0.2, -0.15) is 0 Å². The zero-order valence-electron chi connectivity index (χ0n) is 14.4. The second-order valence-electron chi connectivity index (χ2n) is 6.47. The number of nitrogens with two attached hydrogens (primary N) is 1. The summed E-state index contributed by atoms with van der Waals surface area (Å²) in [6.45, 7) is 3.29. The molecule has 7 N–H and O–H groups in total. The summed E-state index contributed by atoms with van der Waals surface area (Å²) in [5.41, 5.74) is 5.71. The highest BCUT2D eigenvalue weighted by molar-refractivity contribution is 6.41. The zero-order chi connectivity index (χ0) is 18.5. The van der Waals surface area contributed by atoms with E-state index in [2.05, 4.69) is 5.32 Å². The molecule has 0 aromatic heterocycles. The third kappa shape index (κ3) is 13.3. The molecular weight excluding hydrogens is 315 g/mol. The number of aliphatic carboxylic acids is 2. The van der Waals surface area contributed by atoms with Crippen molar-refractivity contribution in [2.75, 3.05) is 13.1 Å². The first-order valence-electron chi connectivity index (χ1n) is 8.49. The number of hydrogen-bond acceptors (Lipinski definition) is 6. The van der Waals surface area contributed by atoms with Crippen molar-refractivity contribution in [3.8, 4) is 0 Å². The largest absolute Gasteiger partial charge is 0.481 e. The third-order valence-electron chi connectivity index (χ3n) is 3.99. The first-order chi connectivity index (χ1) is 11.2. The van der Waals surface area contributed by atoms with Crippen molar-refractivity contribution < 1.29 is 29.9 Å². The van der Waals surface area contributed by atoms with E-state index < -0.39 is 31.0 Å². The van der Waals surface area contributed by atoms with Gasteiger partial charge in [0.05, 0.1) is 5.92 Å². The predicted molar refractivity (Wildman–Crippen MR) is 91.5 cm³/mol. The average molecular weight is 346 g/mol. The number of nitrogens with one attached hydrogen (secondary N) is 1. The van der Waals surface area contributed by atoms with Gasteiger partial charge in [0.1, 0.15) is 0 Å². The summed E-state index contributed by atoms with van der Waals surface area (Å²) < 4.78 is 0. The topological polar surface area (TPSA) is 153 Å². The summed E-state index contributed by atoms with van der Waals surface area (Å²) in [5, 5.41) is 38.7. The van der Waals surface area contributed by atoms with E-state index >= 15 is 0 Å². The normalized spacial score (nSPS) is 14.8. The summed E-state index contributed by atoms with van der Waals surface area (Å²) in [6.07, 6.45) is 3.07. The van der Waals surface area contributed by atoms with Crippen molar-refractivity contribution in [2.45, 2.75) is 57.8 Å². The highest BCUT2D eigenvalue weighted by Gasteiger charge is 2.20. The molecule has 0 aliphatic rings. The van der Waals surface area contributed by atoms with Crippen molar-refractivity contribution in [3.63, 3.8) is 0 Å². The van der Waals surface area contributed by atoms with Crippen LogP contribution in [0.3, 0.4) is 0 Å². The van der Waals surface area contributed by atoms with Crippen LogP contribution in [-0.2, 0) is 9.59 Å². The molecule has 0 saturated carbocycles. The fourth-order valence-electron chi connectivity index (χ4n) is 2.54. The van der Waals surface area contributed by atoms with Crippen LogP contribution in [0.25, 0.3) is 0 Å². The van der Waals surface area contributed by atoms with Gasteiger partial charge in [-0.3, -0.25) is 9.59 Å². The van der Waals surface area contributed by atoms with Crippen molar-refractivity contribution in [1.82, 2.24) is 5.32 Å². The minimum atomic E-state index is -1.46. The molecule has 0 saturated heterocycles. The SMILES string of the molecule is CC(CCNCCCC(CCC(N)CB(O)O)C(=O)O)CC(=O)O. The summed E-state index contributed by atoms with van der Waals surface area (Å²) in [6, 6.07) is -0.416. The van der Waals surface area contributed by atoms with E-state index in [0.717, 1.165) is 6.42 Å². The minimum Gasteiger partial charge on any atom is -0.481 e. The lowest BCUT2D eigenvalue weighted by Gasteiger charge is -2.16. The minimum absolute atomic E-state index is 0.0441. The van der Waals surface area contributed by atoms with Crippen molar-refractivity contribution >= 4 is 19.1 Å². The quantitative estimate of drug-likeness (QED) is 0.181. The molecular formula is C15H31BN2O6. The molecule has 0 amide bonds. The molecule has 0 radical (unpaired) electrons. The molecule has 0 bridgehead atoms. The Hall–Kier alpha value is -1.16. The fraction of sp³-hybridized carbons (Fsp3) is 0.867. The molecule has 0 aliphatic heterocycles. The van der Waals surface area contributed by atoms with Crippen LogP contribution in [0.5, 0.6) is 0 Å². The summed E-state index contributed by atoms with van der Waals surface area (Å²) in [4.78, 5) is 21.8. The lowest BCUT2D eigenvalue weighted by Crippen LogP contribution is -2.29. The molecule has 8 nitrogen and oxygen atoms in total. The third-order valence-corrected chi connectivity index (χ3v) is 3.99. The number of carbonyl (C=O) groups is 2. The van der Waals surface area contributed by atoms with Gasteiger partial charge in [0.25, 0.3) is 0 Å². The number of rotatable bonds is 15. The van der Waals surface area contributed by atoms with Gasteiger partial charge in [0.15, 0.2) is 0 Å². The van der Waals surface area contributed by atoms with Crippen LogP contribution in [0.4, 0.5) is 0 Å². The van der Waals surface area contributed by atoms with Crippen molar-refractivity contribution in [2.24, 2.45) is 17.6 Å². The fourth-order valence-corrected chi connectivity index (χ4v) is 2.54. The van der Waals surface area contributed by atoms with Crippen LogP contribution >= 0.6 is 0 Å². The highest BCUT2D eigenvalue weighted by atomic mass is 16.4. The molecule has 3 atom stereocenters. The van der Waals surface area contributed by atoms with Gasteiger partial charge in [-0.25, -0.2) is 0 Å². The second kappa shape index (κ2) is 13.2. The Kier molecular flexibility index (Phi) is 12.5. The van der Waals surface area contributed by atoms with Crippen molar-refractivity contribution in [3.05, 3.63) is 0 Å². The smallest absolute Gasteiger partial charge is 0.452 e. The molecule has 140 valence electrons. The van der Waals surface area contributed by atoms with Crippen LogP contribution in [-0.4, -0.2) is 58.4 Å². The van der Waals surface area contributed by atoms with Gasteiger partial charge in [0.2, 0.25) is 0 Å². The van der Waals surface area contributed by atoms with E-state index in [-0.39, 0.29) is 18.7 Å². The van der Waals surface area contributed by atoms with E-state index in [1.54, 1.807) is 0 Å².